The van der Waals surface area contributed by atoms with Crippen LogP contribution in [-0.4, -0.2) is 19.7 Å². The molecule has 0 atom stereocenters. The van der Waals surface area contributed by atoms with Crippen molar-refractivity contribution in [2.24, 2.45) is 0 Å². The van der Waals surface area contributed by atoms with E-state index in [9.17, 15) is 9.90 Å². The lowest BCUT2D eigenvalue weighted by Gasteiger charge is -2.27. The number of thiazole rings is 1. The maximum Gasteiger partial charge on any atom is 0.291 e. The number of benzene rings is 2. The summed E-state index contributed by atoms with van der Waals surface area (Å²) in [4.78, 5) is 18.1. The Labute approximate surface area is 208 Å². The molecule has 0 spiro atoms. The number of hydrogen-bond donors (Lipinski definition) is 1. The summed E-state index contributed by atoms with van der Waals surface area (Å²) in [7, 11) is 0. The Hall–Kier alpha value is -2.96. The second kappa shape index (κ2) is 8.67. The molecule has 0 bridgehead atoms. The molecule has 4 aromatic rings. The van der Waals surface area contributed by atoms with Gasteiger partial charge in [0.15, 0.2) is 5.82 Å². The molecular formula is C27H28ClN3O2S. The van der Waals surface area contributed by atoms with E-state index >= 15 is 0 Å². The van der Waals surface area contributed by atoms with E-state index in [2.05, 4.69) is 51.6 Å². The van der Waals surface area contributed by atoms with Gasteiger partial charge in [0.1, 0.15) is 5.75 Å². The van der Waals surface area contributed by atoms with Gasteiger partial charge in [0, 0.05) is 16.1 Å². The Morgan fingerprint density at radius 2 is 1.53 bits per heavy atom. The van der Waals surface area contributed by atoms with Crippen molar-refractivity contribution in [2.45, 2.75) is 52.4 Å². The molecule has 2 aromatic carbocycles. The fourth-order valence-corrected chi connectivity index (χ4v) is 4.74. The summed E-state index contributed by atoms with van der Waals surface area (Å²) in [5.74, 6) is 0.791. The molecule has 0 aliphatic rings. The minimum Gasteiger partial charge on any atom is -0.507 e. The molecule has 2 heterocycles. The van der Waals surface area contributed by atoms with Crippen LogP contribution in [0.25, 0.3) is 23.2 Å². The topological polar surface area (TPSA) is 67.5 Å². The zero-order chi connectivity index (χ0) is 24.8. The number of halogens is 1. The van der Waals surface area contributed by atoms with Crippen LogP contribution >= 0.6 is 22.9 Å². The number of phenolic OH excluding ortho intramolecular Hbond substituents is 1. The normalized spacial score (nSPS) is 13.4. The van der Waals surface area contributed by atoms with Crippen LogP contribution in [0.3, 0.4) is 0 Å². The molecule has 0 aliphatic heterocycles. The van der Waals surface area contributed by atoms with Crippen molar-refractivity contribution in [2.75, 3.05) is 0 Å². The highest BCUT2D eigenvalue weighted by molar-refractivity contribution is 7.15. The fraction of sp³-hybridized carbons (Fsp3) is 0.296. The predicted molar refractivity (Wildman–Crippen MR) is 142 cm³/mol. The molecule has 34 heavy (non-hydrogen) atoms. The van der Waals surface area contributed by atoms with Gasteiger partial charge in [-0.15, -0.1) is 5.10 Å². The largest absolute Gasteiger partial charge is 0.507 e. The van der Waals surface area contributed by atoms with E-state index in [1.807, 2.05) is 48.6 Å². The monoisotopic (exact) mass is 493 g/mol. The molecule has 4 rings (SSSR count). The van der Waals surface area contributed by atoms with E-state index in [1.54, 1.807) is 6.08 Å². The van der Waals surface area contributed by atoms with E-state index in [0.29, 0.717) is 26.1 Å². The fourth-order valence-electron chi connectivity index (χ4n) is 3.70. The van der Waals surface area contributed by atoms with Crippen molar-refractivity contribution in [3.05, 3.63) is 84.4 Å². The van der Waals surface area contributed by atoms with Gasteiger partial charge < -0.3 is 5.11 Å². The van der Waals surface area contributed by atoms with Crippen LogP contribution in [0.2, 0.25) is 5.02 Å². The lowest BCUT2D eigenvalue weighted by molar-refractivity contribution is 0.423. The van der Waals surface area contributed by atoms with Gasteiger partial charge >= 0.3 is 0 Å². The van der Waals surface area contributed by atoms with Gasteiger partial charge in [-0.2, -0.15) is 9.50 Å². The summed E-state index contributed by atoms with van der Waals surface area (Å²) >= 11 is 7.23. The van der Waals surface area contributed by atoms with E-state index < -0.39 is 0 Å². The minimum absolute atomic E-state index is 0.207. The second-order valence-corrected chi connectivity index (χ2v) is 11.9. The van der Waals surface area contributed by atoms with E-state index in [0.717, 1.165) is 22.3 Å². The van der Waals surface area contributed by atoms with Crippen LogP contribution in [0.1, 0.15) is 69.6 Å². The summed E-state index contributed by atoms with van der Waals surface area (Å²) in [5, 5.41) is 16.0. The number of hydrogen-bond acceptors (Lipinski definition) is 5. The van der Waals surface area contributed by atoms with Gasteiger partial charge in [0.05, 0.1) is 4.53 Å². The van der Waals surface area contributed by atoms with Crippen LogP contribution < -0.4 is 10.1 Å². The summed E-state index contributed by atoms with van der Waals surface area (Å²) in [6.45, 7) is 12.4. The van der Waals surface area contributed by atoms with Gasteiger partial charge in [-0.3, -0.25) is 4.79 Å². The molecular weight excluding hydrogens is 466 g/mol. The average Bonchev–Trinajstić information content (AvgIpc) is 3.26. The number of rotatable bonds is 3. The van der Waals surface area contributed by atoms with Gasteiger partial charge in [-0.1, -0.05) is 82.7 Å². The zero-order valence-electron chi connectivity index (χ0n) is 20.2. The third-order valence-corrected chi connectivity index (χ3v) is 6.75. The number of aromatic hydroxyl groups is 1. The highest BCUT2D eigenvalue weighted by Gasteiger charge is 2.26. The second-order valence-electron chi connectivity index (χ2n) is 10.4. The molecule has 0 unspecified atom stereocenters. The molecule has 1 N–H and O–H groups in total. The molecule has 0 saturated heterocycles. The Bertz CT molecular complexity index is 1470. The highest BCUT2D eigenvalue weighted by atomic mass is 35.5. The quantitative estimate of drug-likeness (QED) is 0.390. The molecule has 5 nitrogen and oxygen atoms in total. The lowest BCUT2D eigenvalue weighted by atomic mass is 9.78. The SMILES string of the molecule is CC(C)(C)c1cc(C=c2sc3nc(C=Cc4ccc(Cl)cc4)nn3c2=O)cc(C(C)(C)C)c1O. The first-order valence-corrected chi connectivity index (χ1v) is 12.3. The smallest absolute Gasteiger partial charge is 0.291 e. The summed E-state index contributed by atoms with van der Waals surface area (Å²) in [6.07, 6.45) is 5.51. The molecule has 176 valence electrons. The van der Waals surface area contributed by atoms with Crippen molar-refractivity contribution in [3.63, 3.8) is 0 Å². The van der Waals surface area contributed by atoms with Crippen molar-refractivity contribution in [1.29, 1.82) is 0 Å². The Balaban J connectivity index is 1.76. The van der Waals surface area contributed by atoms with Gasteiger partial charge in [-0.05, 0) is 58.4 Å². The van der Waals surface area contributed by atoms with E-state index in [4.69, 9.17) is 11.6 Å². The minimum atomic E-state index is -0.245. The van der Waals surface area contributed by atoms with Crippen LogP contribution in [0.5, 0.6) is 5.75 Å². The number of nitrogens with zero attached hydrogens (tertiary/aromatic N) is 3. The molecule has 0 fully saturated rings. The third-order valence-electron chi connectivity index (χ3n) is 5.54. The maximum absolute atomic E-state index is 13.0. The first kappa shape index (κ1) is 24.2. The van der Waals surface area contributed by atoms with Crippen molar-refractivity contribution in [3.8, 4) is 5.75 Å². The third kappa shape index (κ3) is 4.93. The summed E-state index contributed by atoms with van der Waals surface area (Å²) < 4.78 is 1.89. The Morgan fingerprint density at radius 3 is 2.06 bits per heavy atom. The molecule has 0 saturated carbocycles. The maximum atomic E-state index is 13.0. The predicted octanol–water partition coefficient (Wildman–Crippen LogP) is 5.82. The highest BCUT2D eigenvalue weighted by Crippen LogP contribution is 2.39. The number of aromatic nitrogens is 3. The van der Waals surface area contributed by atoms with Crippen LogP contribution in [0, 0.1) is 0 Å². The van der Waals surface area contributed by atoms with Crippen molar-refractivity contribution >= 4 is 46.1 Å². The number of phenols is 1. The summed E-state index contributed by atoms with van der Waals surface area (Å²) in [6, 6.07) is 11.4. The first-order chi connectivity index (χ1) is 15.8. The Morgan fingerprint density at radius 1 is 0.941 bits per heavy atom. The molecule has 0 amide bonds. The van der Waals surface area contributed by atoms with E-state index in [1.165, 1.54) is 15.9 Å². The van der Waals surface area contributed by atoms with Crippen molar-refractivity contribution < 1.29 is 5.11 Å². The zero-order valence-corrected chi connectivity index (χ0v) is 21.8. The standard InChI is InChI=1S/C27H28ClN3O2S/c1-26(2,3)19-13-17(14-20(23(19)32)27(4,5)6)15-21-24(33)31-25(34-21)29-22(30-31)12-9-16-7-10-18(28)11-8-16/h7-15,32H,1-6H3. The van der Waals surface area contributed by atoms with Gasteiger partial charge in [0.2, 0.25) is 4.96 Å². The van der Waals surface area contributed by atoms with Gasteiger partial charge in [0.25, 0.3) is 5.56 Å². The van der Waals surface area contributed by atoms with E-state index in [-0.39, 0.29) is 16.4 Å². The van der Waals surface area contributed by atoms with Crippen molar-refractivity contribution in [1.82, 2.24) is 14.6 Å². The number of fused-ring (bicyclic) bond motifs is 1. The van der Waals surface area contributed by atoms with Crippen LogP contribution in [0.4, 0.5) is 0 Å². The summed E-state index contributed by atoms with van der Waals surface area (Å²) in [5.41, 5.74) is 2.85. The lowest BCUT2D eigenvalue weighted by Crippen LogP contribution is -2.24. The average molecular weight is 494 g/mol. The Kier molecular flexibility index (Phi) is 6.17. The van der Waals surface area contributed by atoms with Crippen LogP contribution in [0.15, 0.2) is 41.2 Å². The molecule has 2 aromatic heterocycles. The van der Waals surface area contributed by atoms with Gasteiger partial charge in [-0.25, -0.2) is 0 Å². The molecule has 0 aliphatic carbocycles. The first-order valence-electron chi connectivity index (χ1n) is 11.1. The molecule has 7 heteroatoms. The molecule has 0 radical (unpaired) electrons. The van der Waals surface area contributed by atoms with Crippen LogP contribution in [-0.2, 0) is 10.8 Å².